The van der Waals surface area contributed by atoms with Crippen LogP contribution in [0.15, 0.2) is 58.7 Å². The monoisotopic (exact) mass is 472 g/mol. The second-order valence-electron chi connectivity index (χ2n) is 6.30. The number of nitrogens with one attached hydrogen (secondary N) is 4. The summed E-state index contributed by atoms with van der Waals surface area (Å²) in [5.74, 6) is 1.69. The zero-order valence-electron chi connectivity index (χ0n) is 18.1. The highest BCUT2D eigenvalue weighted by molar-refractivity contribution is 7.80. The molecule has 170 valence electrons. The van der Waals surface area contributed by atoms with Crippen LogP contribution in [0, 0.1) is 0 Å². The van der Waals surface area contributed by atoms with E-state index in [9.17, 15) is 0 Å². The molecule has 0 radical (unpaired) electrons. The first-order valence-corrected chi connectivity index (χ1v) is 11.0. The predicted molar refractivity (Wildman–Crippen MR) is 137 cm³/mol. The molecule has 2 rings (SSSR count). The fraction of sp³-hybridized carbons (Fsp3) is 0.273. The molecular formula is C22H28N6O2S2. The van der Waals surface area contributed by atoms with Gasteiger partial charge < -0.3 is 20.1 Å². The van der Waals surface area contributed by atoms with Crippen LogP contribution in [0.25, 0.3) is 0 Å². The van der Waals surface area contributed by atoms with E-state index in [0.29, 0.717) is 36.5 Å². The lowest BCUT2D eigenvalue weighted by Gasteiger charge is -2.08. The molecule has 2 aromatic carbocycles. The molecule has 10 heteroatoms. The minimum Gasteiger partial charge on any atom is -0.494 e. The molecule has 0 atom stereocenters. The van der Waals surface area contributed by atoms with Crippen molar-refractivity contribution in [1.29, 1.82) is 0 Å². The zero-order valence-corrected chi connectivity index (χ0v) is 19.8. The van der Waals surface area contributed by atoms with E-state index >= 15 is 0 Å². The highest BCUT2D eigenvalue weighted by Gasteiger charge is 1.98. The van der Waals surface area contributed by atoms with E-state index < -0.39 is 0 Å². The van der Waals surface area contributed by atoms with Gasteiger partial charge in [-0.25, -0.2) is 0 Å². The molecule has 0 aliphatic carbocycles. The van der Waals surface area contributed by atoms with Crippen LogP contribution in [0.2, 0.25) is 0 Å². The van der Waals surface area contributed by atoms with Gasteiger partial charge in [0.25, 0.3) is 0 Å². The lowest BCUT2D eigenvalue weighted by molar-refractivity contribution is 0.340. The number of hydrogen-bond acceptors (Lipinski definition) is 6. The Balaban J connectivity index is 1.59. The van der Waals surface area contributed by atoms with E-state index in [1.165, 1.54) is 12.4 Å². The Hall–Kier alpha value is -3.24. The van der Waals surface area contributed by atoms with Crippen LogP contribution in [-0.2, 0) is 13.1 Å². The molecule has 0 saturated carbocycles. The summed E-state index contributed by atoms with van der Waals surface area (Å²) in [6, 6.07) is 15.6. The largest absolute Gasteiger partial charge is 0.494 e. The molecule has 0 heterocycles. The SMILES string of the molecule is CCOc1ccc(CNC(=S)N/N=C/C=N/NC(=S)NCc2ccc(OCC)cc2)cc1. The number of rotatable bonds is 11. The van der Waals surface area contributed by atoms with Gasteiger partial charge in [-0.3, -0.25) is 10.9 Å². The molecule has 0 saturated heterocycles. The smallest absolute Gasteiger partial charge is 0.187 e. The molecule has 0 aliphatic heterocycles. The first-order valence-electron chi connectivity index (χ1n) is 10.2. The van der Waals surface area contributed by atoms with Crippen LogP contribution in [-0.4, -0.2) is 35.9 Å². The summed E-state index contributed by atoms with van der Waals surface area (Å²) in [6.45, 7) is 6.37. The van der Waals surface area contributed by atoms with E-state index in [0.717, 1.165) is 22.6 Å². The van der Waals surface area contributed by atoms with E-state index in [4.69, 9.17) is 33.9 Å². The third-order valence-corrected chi connectivity index (χ3v) is 4.39. The molecule has 8 nitrogen and oxygen atoms in total. The topological polar surface area (TPSA) is 91.3 Å². The molecule has 0 unspecified atom stereocenters. The number of hydrogen-bond donors (Lipinski definition) is 4. The van der Waals surface area contributed by atoms with Gasteiger partial charge in [-0.15, -0.1) is 0 Å². The van der Waals surface area contributed by atoms with Crippen molar-refractivity contribution >= 4 is 47.1 Å². The van der Waals surface area contributed by atoms with Crippen molar-refractivity contribution in [2.24, 2.45) is 10.2 Å². The lowest BCUT2D eigenvalue weighted by Crippen LogP contribution is -2.32. The van der Waals surface area contributed by atoms with Crippen molar-refractivity contribution < 1.29 is 9.47 Å². The van der Waals surface area contributed by atoms with Gasteiger partial charge in [0.05, 0.1) is 25.6 Å². The molecule has 0 aliphatic rings. The molecule has 4 N–H and O–H groups in total. The summed E-state index contributed by atoms with van der Waals surface area (Å²) in [4.78, 5) is 0. The Bertz CT molecular complexity index is 826. The average molecular weight is 473 g/mol. The van der Waals surface area contributed by atoms with Crippen LogP contribution in [0.5, 0.6) is 11.5 Å². The summed E-state index contributed by atoms with van der Waals surface area (Å²) in [5.41, 5.74) is 7.60. The summed E-state index contributed by atoms with van der Waals surface area (Å²) in [6.07, 6.45) is 2.93. The van der Waals surface area contributed by atoms with Crippen LogP contribution in [0.4, 0.5) is 0 Å². The molecule has 32 heavy (non-hydrogen) atoms. The van der Waals surface area contributed by atoms with E-state index in [2.05, 4.69) is 31.7 Å². The van der Waals surface area contributed by atoms with Crippen LogP contribution in [0.1, 0.15) is 25.0 Å². The molecule has 2 aromatic rings. The van der Waals surface area contributed by atoms with E-state index in [1.807, 2.05) is 62.4 Å². The third kappa shape index (κ3) is 10.2. The van der Waals surface area contributed by atoms with Gasteiger partial charge in [0, 0.05) is 13.1 Å². The molecular weight excluding hydrogens is 444 g/mol. The highest BCUT2D eigenvalue weighted by atomic mass is 32.1. The molecule has 0 aromatic heterocycles. The van der Waals surface area contributed by atoms with Crippen LogP contribution < -0.4 is 31.0 Å². The Morgan fingerprint density at radius 1 is 0.719 bits per heavy atom. The Kier molecular flexibility index (Phi) is 11.5. The van der Waals surface area contributed by atoms with Crippen molar-refractivity contribution in [2.75, 3.05) is 13.2 Å². The number of benzene rings is 2. The fourth-order valence-electron chi connectivity index (χ4n) is 2.44. The number of thiocarbonyl (C=S) groups is 2. The lowest BCUT2D eigenvalue weighted by atomic mass is 10.2. The van der Waals surface area contributed by atoms with Gasteiger partial charge in [-0.1, -0.05) is 24.3 Å². The fourth-order valence-corrected chi connectivity index (χ4v) is 2.69. The third-order valence-electron chi connectivity index (χ3n) is 3.92. The van der Waals surface area contributed by atoms with Crippen LogP contribution in [0.3, 0.4) is 0 Å². The second-order valence-corrected chi connectivity index (χ2v) is 7.12. The van der Waals surface area contributed by atoms with Gasteiger partial charge >= 0.3 is 0 Å². The molecule has 0 amide bonds. The Morgan fingerprint density at radius 3 is 1.44 bits per heavy atom. The van der Waals surface area contributed by atoms with Gasteiger partial charge in [-0.2, -0.15) is 10.2 Å². The van der Waals surface area contributed by atoms with Crippen molar-refractivity contribution in [1.82, 2.24) is 21.5 Å². The van der Waals surface area contributed by atoms with Crippen molar-refractivity contribution in [3.05, 3.63) is 59.7 Å². The second kappa shape index (κ2) is 14.7. The quantitative estimate of drug-likeness (QED) is 0.225. The Labute approximate surface area is 199 Å². The normalized spacial score (nSPS) is 10.7. The molecule has 0 spiro atoms. The first-order chi connectivity index (χ1) is 15.6. The van der Waals surface area contributed by atoms with Gasteiger partial charge in [-0.05, 0) is 73.7 Å². The molecule has 0 fully saturated rings. The van der Waals surface area contributed by atoms with Crippen molar-refractivity contribution in [2.45, 2.75) is 26.9 Å². The van der Waals surface area contributed by atoms with Crippen molar-refractivity contribution in [3.8, 4) is 11.5 Å². The van der Waals surface area contributed by atoms with E-state index in [-0.39, 0.29) is 0 Å². The Morgan fingerprint density at radius 2 is 1.09 bits per heavy atom. The highest BCUT2D eigenvalue weighted by Crippen LogP contribution is 2.12. The number of ether oxygens (including phenoxy) is 2. The van der Waals surface area contributed by atoms with Gasteiger partial charge in [0.15, 0.2) is 10.2 Å². The average Bonchev–Trinajstić information content (AvgIpc) is 2.81. The summed E-state index contributed by atoms with van der Waals surface area (Å²) < 4.78 is 10.8. The van der Waals surface area contributed by atoms with Crippen molar-refractivity contribution in [3.63, 3.8) is 0 Å². The van der Waals surface area contributed by atoms with Gasteiger partial charge in [0.1, 0.15) is 11.5 Å². The minimum atomic E-state index is 0.407. The summed E-state index contributed by atoms with van der Waals surface area (Å²) >= 11 is 10.4. The van der Waals surface area contributed by atoms with Crippen LogP contribution >= 0.6 is 24.4 Å². The van der Waals surface area contributed by atoms with E-state index in [1.54, 1.807) is 0 Å². The minimum absolute atomic E-state index is 0.407. The van der Waals surface area contributed by atoms with Gasteiger partial charge in [0.2, 0.25) is 0 Å². The number of hydrazone groups is 2. The number of nitrogens with zero attached hydrogens (tertiary/aromatic N) is 2. The first kappa shape index (κ1) is 25.0. The predicted octanol–water partition coefficient (Wildman–Crippen LogP) is 3.08. The molecule has 0 bridgehead atoms. The maximum atomic E-state index is 5.42. The maximum absolute atomic E-state index is 5.42. The zero-order chi connectivity index (χ0) is 23.0. The summed E-state index contributed by atoms with van der Waals surface area (Å²) in [7, 11) is 0. The summed E-state index contributed by atoms with van der Waals surface area (Å²) in [5, 5.41) is 14.9. The standard InChI is InChI=1S/C22H28N6O2S2/c1-3-29-19-9-5-17(6-10-19)15-23-21(31)27-25-13-14-26-28-22(32)24-16-18-7-11-20(12-8-18)30-4-2/h5-14H,3-4,15-16H2,1-2H3,(H2,23,27,31)(H2,24,28,32)/b25-13+,26-14+. The maximum Gasteiger partial charge on any atom is 0.187 e.